The van der Waals surface area contributed by atoms with E-state index in [0.717, 1.165) is 43.9 Å². The maximum Gasteiger partial charge on any atom is 0.310 e. The van der Waals surface area contributed by atoms with Crippen LogP contribution in [0.25, 0.3) is 0 Å². The molecule has 0 radical (unpaired) electrons. The molecule has 0 unspecified atom stereocenters. The molecule has 1 heterocycles. The van der Waals surface area contributed by atoms with Crippen molar-refractivity contribution in [2.24, 2.45) is 5.41 Å². The number of rotatable bonds is 3. The zero-order chi connectivity index (χ0) is 13.0. The molecule has 1 amide bonds. The van der Waals surface area contributed by atoms with Crippen molar-refractivity contribution in [3.8, 4) is 0 Å². The Balaban J connectivity index is 1.98. The van der Waals surface area contributed by atoms with Crippen LogP contribution in [-0.2, 0) is 9.59 Å². The molecule has 1 aliphatic carbocycles. The Kier molecular flexibility index (Phi) is 4.54. The lowest BCUT2D eigenvalue weighted by Gasteiger charge is -2.27. The third-order valence-electron chi connectivity index (χ3n) is 4.08. The maximum absolute atomic E-state index is 12.3. The predicted octanol–water partition coefficient (Wildman–Crippen LogP) is 1.99. The first-order valence-corrected chi connectivity index (χ1v) is 7.88. The van der Waals surface area contributed by atoms with Gasteiger partial charge in [0, 0.05) is 25.3 Å². The number of thioether (sulfide) groups is 1. The van der Waals surface area contributed by atoms with Gasteiger partial charge < -0.3 is 10.0 Å². The topological polar surface area (TPSA) is 57.6 Å². The Bertz CT molecular complexity index is 318. The average molecular weight is 271 g/mol. The summed E-state index contributed by atoms with van der Waals surface area (Å²) in [7, 11) is 0. The smallest absolute Gasteiger partial charge is 0.310 e. The number of carboxylic acids is 1. The Morgan fingerprint density at radius 1 is 1.11 bits per heavy atom. The summed E-state index contributed by atoms with van der Waals surface area (Å²) in [5.41, 5.74) is -0.767. The first-order valence-electron chi connectivity index (χ1n) is 6.73. The van der Waals surface area contributed by atoms with Crippen molar-refractivity contribution in [3.05, 3.63) is 0 Å². The van der Waals surface area contributed by atoms with Crippen molar-refractivity contribution in [2.75, 3.05) is 24.6 Å². The summed E-state index contributed by atoms with van der Waals surface area (Å²) < 4.78 is 0. The molecule has 0 aromatic carbocycles. The van der Waals surface area contributed by atoms with E-state index in [1.807, 2.05) is 16.7 Å². The van der Waals surface area contributed by atoms with Gasteiger partial charge in [-0.3, -0.25) is 9.59 Å². The Morgan fingerprint density at radius 2 is 1.83 bits per heavy atom. The minimum absolute atomic E-state index is 0.0433. The number of amides is 1. The lowest BCUT2D eigenvalue weighted by atomic mass is 9.82. The average Bonchev–Trinajstić information content (AvgIpc) is 2.65. The molecule has 4 nitrogen and oxygen atoms in total. The van der Waals surface area contributed by atoms with Gasteiger partial charge in [0.25, 0.3) is 0 Å². The van der Waals surface area contributed by atoms with Crippen molar-refractivity contribution < 1.29 is 14.7 Å². The molecular weight excluding hydrogens is 250 g/mol. The number of hydrogen-bond donors (Lipinski definition) is 1. The van der Waals surface area contributed by atoms with Gasteiger partial charge in [0.05, 0.1) is 5.41 Å². The molecule has 1 N–H and O–H groups in total. The van der Waals surface area contributed by atoms with Crippen LogP contribution in [0.1, 0.15) is 38.5 Å². The van der Waals surface area contributed by atoms with Gasteiger partial charge in [-0.15, -0.1) is 0 Å². The highest BCUT2D eigenvalue weighted by molar-refractivity contribution is 7.99. The minimum Gasteiger partial charge on any atom is -0.481 e. The van der Waals surface area contributed by atoms with Crippen molar-refractivity contribution in [1.82, 2.24) is 4.90 Å². The summed E-state index contributed by atoms with van der Waals surface area (Å²) in [5, 5.41) is 9.39. The fraction of sp³-hybridized carbons (Fsp3) is 0.846. The van der Waals surface area contributed by atoms with Gasteiger partial charge >= 0.3 is 5.97 Å². The van der Waals surface area contributed by atoms with Gasteiger partial charge in [-0.25, -0.2) is 0 Å². The summed E-state index contributed by atoms with van der Waals surface area (Å²) in [6.07, 6.45) is 4.43. The van der Waals surface area contributed by atoms with Crippen LogP contribution < -0.4 is 0 Å². The fourth-order valence-electron chi connectivity index (χ4n) is 2.91. The number of aliphatic carboxylic acids is 1. The standard InChI is InChI=1S/C13H21NO3S/c15-11(14-6-3-8-18-9-7-14)10-13(12(16)17)4-1-2-5-13/h1-10H2,(H,16,17). The second-order valence-electron chi connectivity index (χ2n) is 5.32. The molecule has 1 aliphatic heterocycles. The van der Waals surface area contributed by atoms with Gasteiger partial charge in [-0.05, 0) is 25.0 Å². The van der Waals surface area contributed by atoms with Crippen LogP contribution in [-0.4, -0.2) is 46.5 Å². The number of carboxylic acid groups (broad SMARTS) is 1. The number of carbonyl (C=O) groups is 2. The fourth-order valence-corrected chi connectivity index (χ4v) is 3.80. The van der Waals surface area contributed by atoms with Crippen molar-refractivity contribution in [2.45, 2.75) is 38.5 Å². The third-order valence-corrected chi connectivity index (χ3v) is 5.13. The highest BCUT2D eigenvalue weighted by atomic mass is 32.2. The molecule has 102 valence electrons. The van der Waals surface area contributed by atoms with E-state index in [0.29, 0.717) is 12.8 Å². The van der Waals surface area contributed by atoms with Crippen LogP contribution >= 0.6 is 11.8 Å². The van der Waals surface area contributed by atoms with E-state index in [2.05, 4.69) is 0 Å². The van der Waals surface area contributed by atoms with Gasteiger partial charge in [-0.1, -0.05) is 12.8 Å². The molecular formula is C13H21NO3S. The van der Waals surface area contributed by atoms with Crippen LogP contribution in [0, 0.1) is 5.41 Å². The molecule has 0 aromatic heterocycles. The lowest BCUT2D eigenvalue weighted by molar-refractivity contribution is -0.153. The quantitative estimate of drug-likeness (QED) is 0.853. The first-order chi connectivity index (χ1) is 8.64. The van der Waals surface area contributed by atoms with Gasteiger partial charge in [-0.2, -0.15) is 11.8 Å². The lowest BCUT2D eigenvalue weighted by Crippen LogP contribution is -2.39. The summed E-state index contributed by atoms with van der Waals surface area (Å²) in [5.74, 6) is 1.35. The zero-order valence-corrected chi connectivity index (χ0v) is 11.5. The Labute approximate surface area is 112 Å². The number of carbonyl (C=O) groups excluding carboxylic acids is 1. The van der Waals surface area contributed by atoms with Crippen molar-refractivity contribution in [1.29, 1.82) is 0 Å². The summed E-state index contributed by atoms with van der Waals surface area (Å²) in [6, 6.07) is 0. The highest BCUT2D eigenvalue weighted by Gasteiger charge is 2.43. The van der Waals surface area contributed by atoms with Gasteiger partial charge in [0.2, 0.25) is 5.91 Å². The number of hydrogen-bond acceptors (Lipinski definition) is 3. The summed E-state index contributed by atoms with van der Waals surface area (Å²) in [4.78, 5) is 25.6. The molecule has 0 bridgehead atoms. The van der Waals surface area contributed by atoms with E-state index < -0.39 is 11.4 Å². The first kappa shape index (κ1) is 13.7. The van der Waals surface area contributed by atoms with Crippen LogP contribution in [0.4, 0.5) is 0 Å². The van der Waals surface area contributed by atoms with Crippen LogP contribution in [0.5, 0.6) is 0 Å². The highest BCUT2D eigenvalue weighted by Crippen LogP contribution is 2.41. The molecule has 0 atom stereocenters. The Morgan fingerprint density at radius 3 is 2.50 bits per heavy atom. The summed E-state index contributed by atoms with van der Waals surface area (Å²) in [6.45, 7) is 1.57. The molecule has 2 aliphatic rings. The Hall–Kier alpha value is -0.710. The van der Waals surface area contributed by atoms with Crippen LogP contribution in [0.3, 0.4) is 0 Å². The van der Waals surface area contributed by atoms with E-state index in [1.54, 1.807) is 0 Å². The van der Waals surface area contributed by atoms with Gasteiger partial charge in [0.15, 0.2) is 0 Å². The van der Waals surface area contributed by atoms with E-state index in [1.165, 1.54) is 0 Å². The van der Waals surface area contributed by atoms with E-state index >= 15 is 0 Å². The van der Waals surface area contributed by atoms with Crippen LogP contribution in [0.15, 0.2) is 0 Å². The van der Waals surface area contributed by atoms with Crippen LogP contribution in [0.2, 0.25) is 0 Å². The molecule has 1 saturated carbocycles. The second-order valence-corrected chi connectivity index (χ2v) is 6.54. The van der Waals surface area contributed by atoms with E-state index in [4.69, 9.17) is 0 Å². The van der Waals surface area contributed by atoms with E-state index in [9.17, 15) is 14.7 Å². The maximum atomic E-state index is 12.3. The number of nitrogens with zero attached hydrogens (tertiary/aromatic N) is 1. The normalized spacial score (nSPS) is 23.7. The monoisotopic (exact) mass is 271 g/mol. The molecule has 5 heteroatoms. The molecule has 0 spiro atoms. The summed E-state index contributed by atoms with van der Waals surface area (Å²) >= 11 is 1.87. The van der Waals surface area contributed by atoms with Gasteiger partial charge in [0.1, 0.15) is 0 Å². The second kappa shape index (κ2) is 5.95. The SMILES string of the molecule is O=C(CC1(C(=O)O)CCCC1)N1CCCSCC1. The van der Waals surface area contributed by atoms with Crippen molar-refractivity contribution in [3.63, 3.8) is 0 Å². The largest absolute Gasteiger partial charge is 0.481 e. The third kappa shape index (κ3) is 2.99. The minimum atomic E-state index is -0.780. The van der Waals surface area contributed by atoms with Crippen molar-refractivity contribution >= 4 is 23.6 Å². The molecule has 1 saturated heterocycles. The van der Waals surface area contributed by atoms with E-state index in [-0.39, 0.29) is 12.3 Å². The molecule has 18 heavy (non-hydrogen) atoms. The molecule has 2 rings (SSSR count). The predicted molar refractivity (Wildman–Crippen MR) is 71.7 cm³/mol. The zero-order valence-electron chi connectivity index (χ0n) is 10.7. The molecule has 0 aromatic rings. The molecule has 2 fully saturated rings.